The van der Waals surface area contributed by atoms with Crippen LogP contribution in [0, 0.1) is 0 Å². The van der Waals surface area contributed by atoms with Crippen molar-refractivity contribution in [1.29, 1.82) is 0 Å². The lowest BCUT2D eigenvalue weighted by atomic mass is 10.0. The van der Waals surface area contributed by atoms with Gasteiger partial charge in [0.05, 0.1) is 45.3 Å². The third kappa shape index (κ3) is 8.34. The molecule has 54 heavy (non-hydrogen) atoms. The molecule has 0 bridgehead atoms. The molecule has 0 spiro atoms. The zero-order valence-electron chi connectivity index (χ0n) is 26.5. The molecule has 0 heterocycles. The molecule has 6 aromatic carbocycles. The van der Waals surface area contributed by atoms with Crippen molar-refractivity contribution in [1.82, 2.24) is 0 Å². The number of nitrogens with one attached hydrogen (secondary N) is 2. The van der Waals surface area contributed by atoms with Crippen molar-refractivity contribution in [2.75, 3.05) is 10.6 Å². The molecule has 0 unspecified atom stereocenters. The Hall–Kier alpha value is -5.08. The van der Waals surface area contributed by atoms with Crippen LogP contribution < -0.4 is 10.6 Å². The smallest absolute Gasteiger partial charge is 0.294 e. The van der Waals surface area contributed by atoms with Crippen molar-refractivity contribution in [3.05, 3.63) is 96.1 Å². The number of benzene rings is 6. The Morgan fingerprint density at radius 2 is 0.963 bits per heavy atom. The molecule has 6 rings (SSSR count). The molecule has 22 heteroatoms. The summed E-state index contributed by atoms with van der Waals surface area (Å²) < 4.78 is 75.6. The Bertz CT molecular complexity index is 2730. The highest BCUT2D eigenvalue weighted by molar-refractivity contribution is 7.94. The number of carbonyl (C=O) groups is 2. The van der Waals surface area contributed by atoms with Crippen molar-refractivity contribution >= 4 is 99.8 Å². The largest absolute Gasteiger partial charge is 0.507 e. The van der Waals surface area contributed by atoms with Crippen LogP contribution in [-0.4, -0.2) is 58.5 Å². The van der Waals surface area contributed by atoms with E-state index in [-0.39, 0.29) is 53.8 Å². The van der Waals surface area contributed by atoms with Crippen LogP contribution in [0.3, 0.4) is 0 Å². The van der Waals surface area contributed by atoms with Gasteiger partial charge >= 0.3 is 0 Å². The molecule has 8 N–H and O–H groups in total. The molecule has 2 amide bonds. The first-order chi connectivity index (χ1) is 25.5. The van der Waals surface area contributed by atoms with E-state index in [0.717, 1.165) is 24.3 Å². The van der Waals surface area contributed by atoms with Gasteiger partial charge in [0.25, 0.3) is 32.1 Å². The van der Waals surface area contributed by atoms with Gasteiger partial charge in [-0.2, -0.15) is 16.8 Å². The van der Waals surface area contributed by atoms with Crippen LogP contribution >= 0.6 is 24.1 Å². The second kappa shape index (κ2) is 15.3. The molecule has 0 aliphatic carbocycles. The number of amides is 2. The second-order valence-electron chi connectivity index (χ2n) is 11.1. The Morgan fingerprint density at radius 3 is 1.43 bits per heavy atom. The zero-order chi connectivity index (χ0) is 38.9. The summed E-state index contributed by atoms with van der Waals surface area (Å²) in [6.07, 6.45) is 0. The van der Waals surface area contributed by atoms with E-state index in [1.807, 2.05) is 0 Å². The summed E-state index contributed by atoms with van der Waals surface area (Å²) in [6, 6.07) is 17.9. The van der Waals surface area contributed by atoms with Gasteiger partial charge in [0.2, 0.25) is 0 Å². The molecule has 0 atom stereocenters. The Kier molecular flexibility index (Phi) is 11.0. The lowest BCUT2D eigenvalue weighted by Crippen LogP contribution is -2.13. The quantitative estimate of drug-likeness (QED) is 0.0286. The van der Waals surface area contributed by atoms with Crippen LogP contribution in [0.4, 0.5) is 11.4 Å². The fourth-order valence-corrected chi connectivity index (χ4v) is 7.47. The number of aromatic hydroxyl groups is 2. The van der Waals surface area contributed by atoms with Crippen LogP contribution in [0.5, 0.6) is 11.5 Å². The van der Waals surface area contributed by atoms with Gasteiger partial charge < -0.3 is 20.8 Å². The lowest BCUT2D eigenvalue weighted by Gasteiger charge is -2.14. The Morgan fingerprint density at radius 1 is 0.537 bits per heavy atom. The van der Waals surface area contributed by atoms with Gasteiger partial charge in [-0.3, -0.25) is 18.7 Å². The normalized spacial score (nSPS) is 12.0. The number of phenolic OH excluding ortho intramolecular Hbond substituents is 2. The van der Waals surface area contributed by atoms with E-state index in [4.69, 9.17) is 10.5 Å². The molecular formula is C32H22N2O16S4. The van der Waals surface area contributed by atoms with Crippen molar-refractivity contribution in [3.63, 3.8) is 0 Å². The summed E-state index contributed by atoms with van der Waals surface area (Å²) in [5.74, 6) is -2.42. The predicted octanol–water partition coefficient (Wildman–Crippen LogP) is 6.41. The fourth-order valence-electron chi connectivity index (χ4n) is 5.49. The molecule has 6 aromatic rings. The highest BCUT2D eigenvalue weighted by Crippen LogP contribution is 2.40. The van der Waals surface area contributed by atoms with Crippen molar-refractivity contribution in [2.45, 2.75) is 19.6 Å². The average molecular weight is 819 g/mol. The van der Waals surface area contributed by atoms with Gasteiger partial charge in [0.1, 0.15) is 11.5 Å². The molecule has 0 aromatic heterocycles. The van der Waals surface area contributed by atoms with E-state index in [0.29, 0.717) is 34.9 Å². The average Bonchev–Trinajstić information content (AvgIpc) is 3.11. The Labute approximate surface area is 311 Å². The monoisotopic (exact) mass is 818 g/mol. The van der Waals surface area contributed by atoms with Gasteiger partial charge in [-0.05, 0) is 88.3 Å². The molecule has 0 aliphatic heterocycles. The van der Waals surface area contributed by atoms with Crippen LogP contribution in [0.2, 0.25) is 0 Å². The number of carbonyl (C=O) groups excluding carboxylic acids is 2. The van der Waals surface area contributed by atoms with E-state index < -0.39 is 53.3 Å². The molecule has 18 nitrogen and oxygen atoms in total. The topological polar surface area (TPSA) is 285 Å². The highest BCUT2D eigenvalue weighted by Gasteiger charge is 2.21. The zero-order valence-corrected chi connectivity index (χ0v) is 29.7. The Balaban J connectivity index is 1.30. The molecule has 0 aliphatic rings. The maximum Gasteiger partial charge on any atom is 0.294 e. The number of anilines is 2. The van der Waals surface area contributed by atoms with Crippen LogP contribution in [-0.2, 0) is 39.0 Å². The minimum Gasteiger partial charge on any atom is -0.507 e. The van der Waals surface area contributed by atoms with E-state index in [1.165, 1.54) is 60.7 Å². The molecule has 0 saturated carbocycles. The van der Waals surface area contributed by atoms with Crippen LogP contribution in [0.1, 0.15) is 20.7 Å². The first kappa shape index (κ1) is 38.6. The van der Waals surface area contributed by atoms with Crippen molar-refractivity contribution in [3.8, 4) is 11.5 Å². The van der Waals surface area contributed by atoms with Gasteiger partial charge in [-0.15, -0.1) is 8.67 Å². The lowest BCUT2D eigenvalue weighted by molar-refractivity contribution is -0.432. The summed E-state index contributed by atoms with van der Waals surface area (Å²) in [5.41, 5.74) is 0.0238. The minimum absolute atomic E-state index is 0.00726. The molecule has 0 saturated heterocycles. The van der Waals surface area contributed by atoms with Gasteiger partial charge in [-0.25, -0.2) is 10.5 Å². The summed E-state index contributed by atoms with van der Waals surface area (Å²) in [5, 5.41) is 51.9. The summed E-state index contributed by atoms with van der Waals surface area (Å²) in [7, 11) is -9.50. The SMILES string of the molecule is O=C(Nc1cc(SOOO)cc2cc(S(=O)(=O)O)cc(O)c12)c1ccc2cc(C(=O)Nc3cc(S(=O)(=O)O)cc4cc(SOOO)cc(O)c34)ccc2c1. The van der Waals surface area contributed by atoms with E-state index in [1.54, 1.807) is 0 Å². The van der Waals surface area contributed by atoms with Crippen LogP contribution in [0.15, 0.2) is 105 Å². The number of rotatable bonds is 12. The molecule has 280 valence electrons. The fraction of sp³-hybridized carbons (Fsp3) is 0. The highest BCUT2D eigenvalue weighted by atomic mass is 32.2. The standard InChI is InChI=1S/C32H22N2O16S4/c35-27-12-22(52-50-48-40)8-20-9-23(53(41,42)43)13-26(30(20)27)34-32(38)18-4-2-15-5-17(3-1-16(15)6-18)31(37)33-25-11-21(51-49-47-39)7-19-10-24(54(44,45)46)14-28(36)29(19)25/h1-14,35-36,39-40H,(H,33,37)(H,34,38)(H,41,42,43)(H,44,45,46). The third-order valence-corrected chi connectivity index (χ3v) is 10.5. The number of fused-ring (bicyclic) bond motifs is 3. The van der Waals surface area contributed by atoms with Crippen molar-refractivity contribution < 1.29 is 75.0 Å². The van der Waals surface area contributed by atoms with Crippen molar-refractivity contribution in [2.24, 2.45) is 0 Å². The van der Waals surface area contributed by atoms with E-state index >= 15 is 0 Å². The van der Waals surface area contributed by atoms with E-state index in [9.17, 15) is 45.7 Å². The van der Waals surface area contributed by atoms with E-state index in [2.05, 4.69) is 29.4 Å². The second-order valence-corrected chi connectivity index (χ2v) is 15.5. The maximum absolute atomic E-state index is 13.4. The predicted molar refractivity (Wildman–Crippen MR) is 192 cm³/mol. The number of hydrogen-bond donors (Lipinski definition) is 8. The van der Waals surface area contributed by atoms with Gasteiger partial charge in [0.15, 0.2) is 0 Å². The number of phenols is 2. The molecule has 0 radical (unpaired) electrons. The first-order valence-electron chi connectivity index (χ1n) is 14.6. The van der Waals surface area contributed by atoms with Crippen LogP contribution in [0.25, 0.3) is 32.3 Å². The third-order valence-electron chi connectivity index (χ3n) is 7.73. The minimum atomic E-state index is -4.78. The van der Waals surface area contributed by atoms with Gasteiger partial charge in [-0.1, -0.05) is 22.2 Å². The molecular weight excluding hydrogens is 797 g/mol. The summed E-state index contributed by atoms with van der Waals surface area (Å²) in [6.45, 7) is 0. The summed E-state index contributed by atoms with van der Waals surface area (Å²) >= 11 is 0.965. The summed E-state index contributed by atoms with van der Waals surface area (Å²) in [4.78, 5) is 26.0. The molecule has 0 fully saturated rings. The maximum atomic E-state index is 13.4. The first-order valence-corrected chi connectivity index (χ1v) is 18.9. The number of hydrogen-bond acceptors (Lipinski definition) is 16. The van der Waals surface area contributed by atoms with Gasteiger partial charge in [0, 0.05) is 37.8 Å².